The van der Waals surface area contributed by atoms with Crippen molar-refractivity contribution in [2.45, 2.75) is 20.3 Å². The number of carboxylic acid groups (broad SMARTS) is 1. The highest BCUT2D eigenvalue weighted by atomic mass is 16.5. The number of amides is 1. The second kappa shape index (κ2) is 8.61. The number of ether oxygens (including phenoxy) is 2. The van der Waals surface area contributed by atoms with Crippen LogP contribution in [0.2, 0.25) is 0 Å². The minimum atomic E-state index is -0.975. The molecule has 0 saturated carbocycles. The summed E-state index contributed by atoms with van der Waals surface area (Å²) >= 11 is 0. The molecule has 0 saturated heterocycles. The van der Waals surface area contributed by atoms with E-state index in [1.165, 1.54) is 4.90 Å². The first-order valence-corrected chi connectivity index (χ1v) is 9.27. The van der Waals surface area contributed by atoms with Gasteiger partial charge in [-0.15, -0.1) is 0 Å². The molecule has 2 aromatic rings. The maximum Gasteiger partial charge on any atom is 0.331 e. The predicted octanol–water partition coefficient (Wildman–Crippen LogP) is 3.99. The third kappa shape index (κ3) is 3.86. The fraction of sp³-hybridized carbons (Fsp3) is 0.273. The maximum atomic E-state index is 11.5. The molecular formula is C22H23NO5. The summed E-state index contributed by atoms with van der Waals surface area (Å²) in [6.45, 7) is 5.17. The minimum Gasteiger partial charge on any atom is -0.490 e. The topological polar surface area (TPSA) is 76.1 Å². The number of benzene rings is 2. The molecule has 1 aliphatic heterocycles. The molecule has 28 heavy (non-hydrogen) atoms. The van der Waals surface area contributed by atoms with Crippen molar-refractivity contribution >= 4 is 24.1 Å². The van der Waals surface area contributed by atoms with Crippen molar-refractivity contribution in [3.63, 3.8) is 0 Å². The van der Waals surface area contributed by atoms with Gasteiger partial charge in [0.2, 0.25) is 6.41 Å². The van der Waals surface area contributed by atoms with E-state index in [9.17, 15) is 14.7 Å². The number of nitrogens with zero attached hydrogens (tertiary/aromatic N) is 1. The van der Waals surface area contributed by atoms with Crippen molar-refractivity contribution in [1.82, 2.24) is 0 Å². The monoisotopic (exact) mass is 381 g/mol. The number of fused-ring (bicyclic) bond motifs is 1. The molecule has 0 fully saturated rings. The van der Waals surface area contributed by atoms with Crippen LogP contribution in [-0.4, -0.2) is 37.2 Å². The zero-order valence-corrected chi connectivity index (χ0v) is 16.0. The van der Waals surface area contributed by atoms with E-state index < -0.39 is 5.97 Å². The van der Waals surface area contributed by atoms with E-state index in [1.807, 2.05) is 50.2 Å². The van der Waals surface area contributed by atoms with Gasteiger partial charge in [0.1, 0.15) is 0 Å². The molecule has 1 aliphatic rings. The molecule has 6 nitrogen and oxygen atoms in total. The molecule has 0 atom stereocenters. The Bertz CT molecular complexity index is 919. The third-order valence-corrected chi connectivity index (χ3v) is 4.57. The van der Waals surface area contributed by atoms with Crippen LogP contribution >= 0.6 is 0 Å². The molecule has 6 heteroatoms. The summed E-state index contributed by atoms with van der Waals surface area (Å²) in [7, 11) is 0. The van der Waals surface area contributed by atoms with Gasteiger partial charge >= 0.3 is 5.97 Å². The number of carbonyl (C=O) groups excluding carboxylic acids is 1. The second-order valence-electron chi connectivity index (χ2n) is 6.30. The van der Waals surface area contributed by atoms with Gasteiger partial charge in [-0.3, -0.25) is 4.79 Å². The van der Waals surface area contributed by atoms with Gasteiger partial charge in [-0.05, 0) is 55.7 Å². The summed E-state index contributed by atoms with van der Waals surface area (Å²) in [5, 5.41) is 9.43. The van der Waals surface area contributed by atoms with Crippen LogP contribution < -0.4 is 14.4 Å². The average molecular weight is 381 g/mol. The van der Waals surface area contributed by atoms with E-state index in [4.69, 9.17) is 9.47 Å². The number of carbonyl (C=O) groups is 2. The highest BCUT2D eigenvalue weighted by Gasteiger charge is 2.20. The van der Waals surface area contributed by atoms with Gasteiger partial charge in [0.25, 0.3) is 0 Å². The van der Waals surface area contributed by atoms with Crippen molar-refractivity contribution in [3.05, 3.63) is 47.5 Å². The van der Waals surface area contributed by atoms with Crippen LogP contribution in [0.5, 0.6) is 11.5 Å². The molecule has 1 heterocycles. The maximum absolute atomic E-state index is 11.5. The summed E-state index contributed by atoms with van der Waals surface area (Å²) < 4.78 is 11.5. The lowest BCUT2D eigenvalue weighted by Crippen LogP contribution is -2.22. The molecule has 0 spiro atoms. The molecule has 0 unspecified atom stereocenters. The van der Waals surface area contributed by atoms with Gasteiger partial charge in [-0.1, -0.05) is 18.2 Å². The summed E-state index contributed by atoms with van der Waals surface area (Å²) in [5.74, 6) is 0.334. The Hall–Kier alpha value is -3.28. The molecule has 0 aliphatic carbocycles. The first kappa shape index (κ1) is 19.5. The lowest BCUT2D eigenvalue weighted by molar-refractivity contribution is -0.132. The van der Waals surface area contributed by atoms with E-state index in [0.29, 0.717) is 48.9 Å². The zero-order valence-electron chi connectivity index (χ0n) is 16.0. The average Bonchev–Trinajstić information content (AvgIpc) is 2.88. The van der Waals surface area contributed by atoms with Gasteiger partial charge in [0.15, 0.2) is 11.5 Å². The first-order valence-electron chi connectivity index (χ1n) is 9.27. The SMILES string of the molecule is CCOc1cccc(-c2ccc3c(c2)C=C(C(=O)O)CCN3C=O)c1OCC. The van der Waals surface area contributed by atoms with Gasteiger partial charge in [0.05, 0.1) is 18.9 Å². The van der Waals surface area contributed by atoms with Gasteiger partial charge in [-0.25, -0.2) is 4.79 Å². The largest absolute Gasteiger partial charge is 0.490 e. The minimum absolute atomic E-state index is 0.274. The van der Waals surface area contributed by atoms with Crippen LogP contribution in [0.1, 0.15) is 25.8 Å². The fourth-order valence-electron chi connectivity index (χ4n) is 3.30. The van der Waals surface area contributed by atoms with Crippen molar-refractivity contribution < 1.29 is 24.2 Å². The van der Waals surface area contributed by atoms with Crippen molar-refractivity contribution in [2.75, 3.05) is 24.7 Å². The van der Waals surface area contributed by atoms with Crippen LogP contribution in [0.15, 0.2) is 42.0 Å². The van der Waals surface area contributed by atoms with Gasteiger partial charge < -0.3 is 19.5 Å². The van der Waals surface area contributed by atoms with Crippen LogP contribution in [-0.2, 0) is 9.59 Å². The molecule has 2 aromatic carbocycles. The quantitative estimate of drug-likeness (QED) is 0.734. The number of carboxylic acids is 1. The Morgan fingerprint density at radius 1 is 1.18 bits per heavy atom. The Morgan fingerprint density at radius 3 is 2.64 bits per heavy atom. The van der Waals surface area contributed by atoms with Crippen LogP contribution in [0, 0.1) is 0 Å². The van der Waals surface area contributed by atoms with E-state index in [0.717, 1.165) is 17.5 Å². The highest BCUT2D eigenvalue weighted by Crippen LogP contribution is 2.40. The van der Waals surface area contributed by atoms with Crippen LogP contribution in [0.25, 0.3) is 17.2 Å². The Balaban J connectivity index is 2.15. The van der Waals surface area contributed by atoms with E-state index in [-0.39, 0.29) is 5.57 Å². The summed E-state index contributed by atoms with van der Waals surface area (Å²) in [5.41, 5.74) is 3.36. The molecule has 0 radical (unpaired) electrons. The number of hydrogen-bond donors (Lipinski definition) is 1. The zero-order chi connectivity index (χ0) is 20.1. The predicted molar refractivity (Wildman–Crippen MR) is 108 cm³/mol. The van der Waals surface area contributed by atoms with E-state index in [2.05, 4.69) is 0 Å². The lowest BCUT2D eigenvalue weighted by atomic mass is 9.99. The number of anilines is 1. The van der Waals surface area contributed by atoms with Crippen molar-refractivity contribution in [1.29, 1.82) is 0 Å². The Kier molecular flexibility index (Phi) is 5.99. The fourth-order valence-corrected chi connectivity index (χ4v) is 3.30. The summed E-state index contributed by atoms with van der Waals surface area (Å²) in [4.78, 5) is 24.5. The molecule has 1 N–H and O–H groups in total. The van der Waals surface area contributed by atoms with Crippen LogP contribution in [0.3, 0.4) is 0 Å². The van der Waals surface area contributed by atoms with E-state index in [1.54, 1.807) is 6.08 Å². The molecule has 0 bridgehead atoms. The highest BCUT2D eigenvalue weighted by molar-refractivity contribution is 5.96. The van der Waals surface area contributed by atoms with Crippen molar-refractivity contribution in [3.8, 4) is 22.6 Å². The van der Waals surface area contributed by atoms with E-state index >= 15 is 0 Å². The van der Waals surface area contributed by atoms with Gasteiger partial charge in [0, 0.05) is 17.7 Å². The summed E-state index contributed by atoms with van der Waals surface area (Å²) in [6, 6.07) is 11.3. The second-order valence-corrected chi connectivity index (χ2v) is 6.30. The number of hydrogen-bond acceptors (Lipinski definition) is 4. The first-order chi connectivity index (χ1) is 13.6. The molecular weight excluding hydrogens is 358 g/mol. The molecule has 0 aromatic heterocycles. The standard InChI is InChI=1S/C22H23NO5/c1-3-27-20-7-5-6-18(21(20)28-4-2)15-8-9-19-17(12-15)13-16(22(25)26)10-11-23(19)14-24/h5-9,12-14H,3-4,10-11H2,1-2H3,(H,25,26). The number of para-hydroxylation sites is 1. The van der Waals surface area contributed by atoms with Gasteiger partial charge in [-0.2, -0.15) is 0 Å². The van der Waals surface area contributed by atoms with Crippen molar-refractivity contribution in [2.24, 2.45) is 0 Å². The Morgan fingerprint density at radius 2 is 1.96 bits per heavy atom. The molecule has 146 valence electrons. The Labute approximate surface area is 164 Å². The molecule has 1 amide bonds. The normalized spacial score (nSPS) is 13.2. The smallest absolute Gasteiger partial charge is 0.331 e. The third-order valence-electron chi connectivity index (χ3n) is 4.57. The number of aliphatic carboxylic acids is 1. The number of rotatable bonds is 7. The lowest BCUT2D eigenvalue weighted by Gasteiger charge is -2.19. The van der Waals surface area contributed by atoms with Crippen LogP contribution in [0.4, 0.5) is 5.69 Å². The summed E-state index contributed by atoms with van der Waals surface area (Å²) in [6.07, 6.45) is 2.66. The molecule has 3 rings (SSSR count).